The SMILES string of the molecule is [CH]C1CCCC(OC)C1. The maximum Gasteiger partial charge on any atom is 0.0574 e. The van der Waals surface area contributed by atoms with Gasteiger partial charge >= 0.3 is 0 Å². The fraction of sp³-hybridized carbons (Fsp3) is 0.875. The molecule has 0 saturated heterocycles. The molecule has 1 aliphatic carbocycles. The highest BCUT2D eigenvalue weighted by Crippen LogP contribution is 2.24. The lowest BCUT2D eigenvalue weighted by atomic mass is 9.89. The first-order valence-electron chi connectivity index (χ1n) is 3.61. The summed E-state index contributed by atoms with van der Waals surface area (Å²) in [5.41, 5.74) is 0. The van der Waals surface area contributed by atoms with Crippen LogP contribution in [0.25, 0.3) is 0 Å². The van der Waals surface area contributed by atoms with Crippen LogP contribution in [0.3, 0.4) is 0 Å². The average Bonchev–Trinajstić information content (AvgIpc) is 1.88. The van der Waals surface area contributed by atoms with Gasteiger partial charge in [0, 0.05) is 7.11 Å². The summed E-state index contributed by atoms with van der Waals surface area (Å²) in [6.45, 7) is 5.72. The van der Waals surface area contributed by atoms with Crippen LogP contribution >= 0.6 is 0 Å². The second-order valence-electron chi connectivity index (χ2n) is 2.78. The molecule has 2 radical (unpaired) electrons. The van der Waals surface area contributed by atoms with Gasteiger partial charge in [-0.3, -0.25) is 0 Å². The molecular formula is C8H14O. The molecule has 1 aliphatic rings. The molecule has 1 fully saturated rings. The third-order valence-electron chi connectivity index (χ3n) is 2.00. The van der Waals surface area contributed by atoms with Crippen LogP contribution in [-0.4, -0.2) is 13.2 Å². The summed E-state index contributed by atoms with van der Waals surface area (Å²) in [6, 6.07) is 0. The molecule has 0 aliphatic heterocycles. The molecule has 1 nitrogen and oxygen atoms in total. The van der Waals surface area contributed by atoms with E-state index in [1.165, 1.54) is 19.3 Å². The predicted octanol–water partition coefficient (Wildman–Crippen LogP) is 1.90. The van der Waals surface area contributed by atoms with Crippen molar-refractivity contribution in [2.75, 3.05) is 7.11 Å². The molecule has 0 aromatic rings. The van der Waals surface area contributed by atoms with E-state index in [0.29, 0.717) is 12.0 Å². The van der Waals surface area contributed by atoms with E-state index in [-0.39, 0.29) is 0 Å². The first kappa shape index (κ1) is 7.07. The van der Waals surface area contributed by atoms with Crippen molar-refractivity contribution in [3.63, 3.8) is 0 Å². The number of ether oxygens (including phenoxy) is 1. The zero-order valence-electron chi connectivity index (χ0n) is 5.97. The van der Waals surface area contributed by atoms with E-state index in [1.54, 1.807) is 7.11 Å². The molecule has 0 spiro atoms. The van der Waals surface area contributed by atoms with E-state index in [9.17, 15) is 0 Å². The van der Waals surface area contributed by atoms with Crippen molar-refractivity contribution >= 4 is 0 Å². The standard InChI is InChI=1S/C8H14O/c1-7-4-3-5-8(6-7)9-2/h1,7-8H,3-6H2,2H3. The van der Waals surface area contributed by atoms with Gasteiger partial charge in [-0.05, 0) is 32.1 Å². The molecule has 0 bridgehead atoms. The highest BCUT2D eigenvalue weighted by Gasteiger charge is 2.17. The van der Waals surface area contributed by atoms with Crippen LogP contribution in [-0.2, 0) is 4.74 Å². The van der Waals surface area contributed by atoms with E-state index in [1.807, 2.05) is 0 Å². The third kappa shape index (κ3) is 1.98. The average molecular weight is 126 g/mol. The van der Waals surface area contributed by atoms with Gasteiger partial charge in [0.1, 0.15) is 0 Å². The zero-order valence-corrected chi connectivity index (χ0v) is 5.97. The summed E-state index contributed by atoms with van der Waals surface area (Å²) in [5.74, 6) is 0.392. The van der Waals surface area contributed by atoms with Gasteiger partial charge in [0.15, 0.2) is 0 Å². The Balaban J connectivity index is 2.23. The van der Waals surface area contributed by atoms with Gasteiger partial charge in [-0.15, -0.1) is 0 Å². The molecule has 0 amide bonds. The monoisotopic (exact) mass is 126 g/mol. The molecule has 0 aromatic carbocycles. The van der Waals surface area contributed by atoms with Gasteiger partial charge in [-0.2, -0.15) is 0 Å². The summed E-state index contributed by atoms with van der Waals surface area (Å²) in [7, 11) is 1.77. The van der Waals surface area contributed by atoms with Crippen molar-refractivity contribution in [2.24, 2.45) is 5.92 Å². The predicted molar refractivity (Wildman–Crippen MR) is 37.1 cm³/mol. The van der Waals surface area contributed by atoms with E-state index in [4.69, 9.17) is 11.7 Å². The topological polar surface area (TPSA) is 9.23 Å². The van der Waals surface area contributed by atoms with Gasteiger partial charge in [-0.25, -0.2) is 0 Å². The smallest absolute Gasteiger partial charge is 0.0574 e. The van der Waals surface area contributed by atoms with Crippen LogP contribution in [0.2, 0.25) is 0 Å². The van der Waals surface area contributed by atoms with Gasteiger partial charge < -0.3 is 4.74 Å². The van der Waals surface area contributed by atoms with Crippen molar-refractivity contribution in [1.29, 1.82) is 0 Å². The Kier molecular flexibility index (Phi) is 2.52. The lowest BCUT2D eigenvalue weighted by Gasteiger charge is -2.24. The molecule has 2 unspecified atom stereocenters. The second-order valence-corrected chi connectivity index (χ2v) is 2.78. The largest absolute Gasteiger partial charge is 0.381 e. The van der Waals surface area contributed by atoms with Crippen LogP contribution in [0.1, 0.15) is 25.7 Å². The van der Waals surface area contributed by atoms with Crippen molar-refractivity contribution in [2.45, 2.75) is 31.8 Å². The Morgan fingerprint density at radius 2 is 2.22 bits per heavy atom. The fourth-order valence-corrected chi connectivity index (χ4v) is 1.40. The Morgan fingerprint density at radius 1 is 1.44 bits per heavy atom. The third-order valence-corrected chi connectivity index (χ3v) is 2.00. The van der Waals surface area contributed by atoms with E-state index < -0.39 is 0 Å². The number of hydrogen-bond donors (Lipinski definition) is 0. The van der Waals surface area contributed by atoms with Crippen molar-refractivity contribution in [3.05, 3.63) is 6.92 Å². The molecule has 1 rings (SSSR count). The summed E-state index contributed by atoms with van der Waals surface area (Å²) < 4.78 is 5.18. The van der Waals surface area contributed by atoms with Crippen LogP contribution in [0.15, 0.2) is 0 Å². The molecule has 0 heterocycles. The van der Waals surface area contributed by atoms with Crippen LogP contribution < -0.4 is 0 Å². The fourth-order valence-electron chi connectivity index (χ4n) is 1.40. The molecule has 9 heavy (non-hydrogen) atoms. The first-order valence-corrected chi connectivity index (χ1v) is 3.61. The van der Waals surface area contributed by atoms with Crippen molar-refractivity contribution in [3.8, 4) is 0 Å². The van der Waals surface area contributed by atoms with E-state index in [0.717, 1.165) is 6.42 Å². The minimum Gasteiger partial charge on any atom is -0.381 e. The van der Waals surface area contributed by atoms with Crippen molar-refractivity contribution < 1.29 is 4.74 Å². The quantitative estimate of drug-likeness (QED) is 0.521. The summed E-state index contributed by atoms with van der Waals surface area (Å²) in [6.07, 6.45) is 5.11. The first-order chi connectivity index (χ1) is 4.33. The Labute approximate surface area is 57.4 Å². The molecule has 1 saturated carbocycles. The molecule has 0 aromatic heterocycles. The maximum atomic E-state index is 5.72. The summed E-state index contributed by atoms with van der Waals surface area (Å²) >= 11 is 0. The highest BCUT2D eigenvalue weighted by atomic mass is 16.5. The Bertz CT molecular complexity index is 80.6. The molecule has 2 atom stereocenters. The Hall–Kier alpha value is -0.0400. The minimum absolute atomic E-state index is 0.392. The lowest BCUT2D eigenvalue weighted by molar-refractivity contribution is 0.0585. The van der Waals surface area contributed by atoms with Crippen molar-refractivity contribution in [1.82, 2.24) is 0 Å². The number of hydrogen-bond acceptors (Lipinski definition) is 1. The summed E-state index contributed by atoms with van der Waals surface area (Å²) in [5, 5.41) is 0. The molecular weight excluding hydrogens is 112 g/mol. The van der Waals surface area contributed by atoms with Gasteiger partial charge in [0.25, 0.3) is 0 Å². The normalized spacial score (nSPS) is 36.7. The van der Waals surface area contributed by atoms with Crippen LogP contribution in [0, 0.1) is 12.8 Å². The molecule has 0 N–H and O–H groups in total. The molecule has 52 valence electrons. The minimum atomic E-state index is 0.392. The maximum absolute atomic E-state index is 5.72. The van der Waals surface area contributed by atoms with Gasteiger partial charge in [0.05, 0.1) is 6.10 Å². The van der Waals surface area contributed by atoms with Crippen LogP contribution in [0.4, 0.5) is 0 Å². The number of methoxy groups -OCH3 is 1. The van der Waals surface area contributed by atoms with E-state index >= 15 is 0 Å². The van der Waals surface area contributed by atoms with Gasteiger partial charge in [-0.1, -0.05) is 6.42 Å². The molecule has 1 heteroatoms. The second kappa shape index (κ2) is 3.21. The zero-order chi connectivity index (χ0) is 6.69. The number of rotatable bonds is 1. The summed E-state index contributed by atoms with van der Waals surface area (Å²) in [4.78, 5) is 0. The lowest BCUT2D eigenvalue weighted by Crippen LogP contribution is -2.19. The van der Waals surface area contributed by atoms with Gasteiger partial charge in [0.2, 0.25) is 0 Å². The van der Waals surface area contributed by atoms with Crippen LogP contribution in [0.5, 0.6) is 0 Å². The highest BCUT2D eigenvalue weighted by molar-refractivity contribution is 4.73. The Morgan fingerprint density at radius 3 is 2.67 bits per heavy atom. The van der Waals surface area contributed by atoms with E-state index in [2.05, 4.69) is 0 Å².